The Bertz CT molecular complexity index is 460. The predicted octanol–water partition coefficient (Wildman–Crippen LogP) is 3.20. The van der Waals surface area contributed by atoms with Crippen LogP contribution in [0.2, 0.25) is 0 Å². The lowest BCUT2D eigenvalue weighted by molar-refractivity contribution is -0.128. The maximum atomic E-state index is 12.0. The summed E-state index contributed by atoms with van der Waals surface area (Å²) in [7, 11) is 0. The Balaban J connectivity index is 1.85. The lowest BCUT2D eigenvalue weighted by Crippen LogP contribution is -2.35. The van der Waals surface area contributed by atoms with E-state index < -0.39 is 0 Å². The fourth-order valence-corrected chi connectivity index (χ4v) is 2.92. The number of piperidine rings is 1. The summed E-state index contributed by atoms with van der Waals surface area (Å²) in [6.07, 6.45) is 2.55. The van der Waals surface area contributed by atoms with E-state index in [4.69, 9.17) is 0 Å². The van der Waals surface area contributed by atoms with Crippen molar-refractivity contribution in [2.45, 2.75) is 33.6 Å². The average Bonchev–Trinajstić information content (AvgIpc) is 2.55. The highest BCUT2D eigenvalue weighted by Crippen LogP contribution is 2.24. The molecular weight excluding hydrogens is 274 g/mol. The Hall–Kier alpha value is -1.71. The molecule has 122 valence electrons. The molecule has 1 aliphatic rings. The van der Waals surface area contributed by atoms with Crippen LogP contribution in [0.5, 0.6) is 0 Å². The van der Waals surface area contributed by atoms with E-state index in [0.717, 1.165) is 37.8 Å². The van der Waals surface area contributed by atoms with Gasteiger partial charge in [0.15, 0.2) is 0 Å². The quantitative estimate of drug-likeness (QED) is 0.876. The molecule has 0 saturated carbocycles. The monoisotopic (exact) mass is 303 g/mol. The summed E-state index contributed by atoms with van der Waals surface area (Å²) in [4.78, 5) is 16.3. The molecule has 1 amide bonds. The highest BCUT2D eigenvalue weighted by atomic mass is 16.2. The SMILES string of the molecule is CCN(CC)C(=O)CNc1ccc(N2CCC(C)CC2)cc1. The first-order valence-corrected chi connectivity index (χ1v) is 8.50. The minimum Gasteiger partial charge on any atom is -0.376 e. The van der Waals surface area contributed by atoms with E-state index in [9.17, 15) is 4.79 Å². The molecule has 22 heavy (non-hydrogen) atoms. The van der Waals surface area contributed by atoms with Crippen molar-refractivity contribution < 1.29 is 4.79 Å². The van der Waals surface area contributed by atoms with Crippen LogP contribution in [-0.2, 0) is 4.79 Å². The predicted molar refractivity (Wildman–Crippen MR) is 93.5 cm³/mol. The molecule has 0 unspecified atom stereocenters. The van der Waals surface area contributed by atoms with E-state index >= 15 is 0 Å². The second kappa shape index (κ2) is 8.06. The van der Waals surface area contributed by atoms with Gasteiger partial charge < -0.3 is 15.1 Å². The third kappa shape index (κ3) is 4.39. The summed E-state index contributed by atoms with van der Waals surface area (Å²) in [5, 5.41) is 3.22. The highest BCUT2D eigenvalue weighted by molar-refractivity contribution is 5.80. The molecule has 1 aliphatic heterocycles. The molecule has 1 heterocycles. The van der Waals surface area contributed by atoms with Gasteiger partial charge in [0, 0.05) is 37.6 Å². The molecule has 0 radical (unpaired) electrons. The largest absolute Gasteiger partial charge is 0.376 e. The second-order valence-electron chi connectivity index (χ2n) is 6.14. The van der Waals surface area contributed by atoms with E-state index in [1.807, 2.05) is 18.7 Å². The number of hydrogen-bond acceptors (Lipinski definition) is 3. The van der Waals surface area contributed by atoms with Crippen molar-refractivity contribution in [1.29, 1.82) is 0 Å². The van der Waals surface area contributed by atoms with Crippen LogP contribution in [0.4, 0.5) is 11.4 Å². The van der Waals surface area contributed by atoms with Crippen molar-refractivity contribution in [3.63, 3.8) is 0 Å². The van der Waals surface area contributed by atoms with Gasteiger partial charge in [0.25, 0.3) is 0 Å². The fourth-order valence-electron chi connectivity index (χ4n) is 2.92. The third-order valence-corrected chi connectivity index (χ3v) is 4.58. The summed E-state index contributed by atoms with van der Waals surface area (Å²) in [6, 6.07) is 8.45. The van der Waals surface area contributed by atoms with E-state index in [-0.39, 0.29) is 5.91 Å². The summed E-state index contributed by atoms with van der Waals surface area (Å²) < 4.78 is 0. The number of carbonyl (C=O) groups is 1. The number of rotatable bonds is 6. The molecule has 4 heteroatoms. The van der Waals surface area contributed by atoms with Gasteiger partial charge in [-0.15, -0.1) is 0 Å². The molecule has 1 aromatic carbocycles. The molecule has 0 aromatic heterocycles. The van der Waals surface area contributed by atoms with Gasteiger partial charge in [0.2, 0.25) is 5.91 Å². The first kappa shape index (κ1) is 16.7. The normalized spacial score (nSPS) is 15.7. The lowest BCUT2D eigenvalue weighted by Gasteiger charge is -2.32. The number of anilines is 2. The van der Waals surface area contributed by atoms with E-state index in [2.05, 4.69) is 41.4 Å². The number of amides is 1. The Kier molecular flexibility index (Phi) is 6.10. The summed E-state index contributed by atoms with van der Waals surface area (Å²) in [5.41, 5.74) is 2.29. The molecule has 1 fully saturated rings. The third-order valence-electron chi connectivity index (χ3n) is 4.58. The number of nitrogens with zero attached hydrogens (tertiary/aromatic N) is 2. The summed E-state index contributed by atoms with van der Waals surface area (Å²) >= 11 is 0. The minimum absolute atomic E-state index is 0.152. The van der Waals surface area contributed by atoms with Crippen LogP contribution in [0.25, 0.3) is 0 Å². The zero-order chi connectivity index (χ0) is 15.9. The maximum Gasteiger partial charge on any atom is 0.241 e. The molecule has 0 spiro atoms. The molecule has 0 aliphatic carbocycles. The Labute approximate surface area is 134 Å². The van der Waals surface area contributed by atoms with Crippen molar-refractivity contribution >= 4 is 17.3 Å². The van der Waals surface area contributed by atoms with Crippen molar-refractivity contribution in [3.05, 3.63) is 24.3 Å². The van der Waals surface area contributed by atoms with Crippen LogP contribution >= 0.6 is 0 Å². The first-order valence-electron chi connectivity index (χ1n) is 8.50. The van der Waals surface area contributed by atoms with Crippen LogP contribution in [-0.4, -0.2) is 43.5 Å². The molecule has 4 nitrogen and oxygen atoms in total. The molecule has 1 saturated heterocycles. The number of benzene rings is 1. The molecule has 0 bridgehead atoms. The van der Waals surface area contributed by atoms with Gasteiger partial charge in [-0.2, -0.15) is 0 Å². The van der Waals surface area contributed by atoms with Gasteiger partial charge in [0.05, 0.1) is 6.54 Å². The van der Waals surface area contributed by atoms with Gasteiger partial charge in [-0.3, -0.25) is 4.79 Å². The van der Waals surface area contributed by atoms with Crippen LogP contribution in [0.15, 0.2) is 24.3 Å². The van der Waals surface area contributed by atoms with Gasteiger partial charge in [-0.25, -0.2) is 0 Å². The smallest absolute Gasteiger partial charge is 0.241 e. The first-order chi connectivity index (χ1) is 10.6. The maximum absolute atomic E-state index is 12.0. The Morgan fingerprint density at radius 3 is 2.32 bits per heavy atom. The van der Waals surface area contributed by atoms with Crippen molar-refractivity contribution in [2.24, 2.45) is 5.92 Å². The standard InChI is InChI=1S/C18H29N3O/c1-4-20(5-2)18(22)14-19-16-6-8-17(9-7-16)21-12-10-15(3)11-13-21/h6-9,15,19H,4-5,10-14H2,1-3H3. The number of likely N-dealkylation sites (N-methyl/N-ethyl adjacent to an activating group) is 1. The fraction of sp³-hybridized carbons (Fsp3) is 0.611. The van der Waals surface area contributed by atoms with E-state index in [0.29, 0.717) is 6.54 Å². The van der Waals surface area contributed by atoms with Crippen molar-refractivity contribution in [1.82, 2.24) is 4.90 Å². The van der Waals surface area contributed by atoms with Gasteiger partial charge in [-0.1, -0.05) is 6.92 Å². The molecule has 2 rings (SSSR count). The van der Waals surface area contributed by atoms with Crippen LogP contribution < -0.4 is 10.2 Å². The van der Waals surface area contributed by atoms with Crippen LogP contribution in [0.3, 0.4) is 0 Å². The van der Waals surface area contributed by atoms with Crippen LogP contribution in [0, 0.1) is 5.92 Å². The van der Waals surface area contributed by atoms with Gasteiger partial charge in [-0.05, 0) is 56.9 Å². The number of hydrogen-bond donors (Lipinski definition) is 1. The van der Waals surface area contributed by atoms with Crippen molar-refractivity contribution in [3.8, 4) is 0 Å². The minimum atomic E-state index is 0.152. The molecular formula is C18H29N3O. The van der Waals surface area contributed by atoms with Gasteiger partial charge in [0.1, 0.15) is 0 Å². The second-order valence-corrected chi connectivity index (χ2v) is 6.14. The molecule has 1 N–H and O–H groups in total. The number of nitrogens with one attached hydrogen (secondary N) is 1. The lowest BCUT2D eigenvalue weighted by atomic mass is 9.99. The molecule has 0 atom stereocenters. The highest BCUT2D eigenvalue weighted by Gasteiger charge is 2.15. The summed E-state index contributed by atoms with van der Waals surface area (Å²) in [5.74, 6) is 1.00. The van der Waals surface area contributed by atoms with Crippen molar-refractivity contribution in [2.75, 3.05) is 42.9 Å². The van der Waals surface area contributed by atoms with E-state index in [1.165, 1.54) is 18.5 Å². The average molecular weight is 303 g/mol. The van der Waals surface area contributed by atoms with E-state index in [1.54, 1.807) is 0 Å². The Morgan fingerprint density at radius 2 is 1.77 bits per heavy atom. The zero-order valence-electron chi connectivity index (χ0n) is 14.1. The topological polar surface area (TPSA) is 35.6 Å². The van der Waals surface area contributed by atoms with Crippen LogP contribution in [0.1, 0.15) is 33.6 Å². The Morgan fingerprint density at radius 1 is 1.18 bits per heavy atom. The number of carbonyl (C=O) groups excluding carboxylic acids is 1. The van der Waals surface area contributed by atoms with Gasteiger partial charge >= 0.3 is 0 Å². The summed E-state index contributed by atoms with van der Waals surface area (Å²) in [6.45, 7) is 10.5. The molecule has 1 aromatic rings. The zero-order valence-corrected chi connectivity index (χ0v) is 14.1.